The predicted molar refractivity (Wildman–Crippen MR) is 567 cm³/mol. The summed E-state index contributed by atoms with van der Waals surface area (Å²) >= 11 is 25.2. The highest BCUT2D eigenvalue weighted by Gasteiger charge is 2.34. The van der Waals surface area contributed by atoms with E-state index in [1.807, 2.05) is 157 Å². The molecule has 0 saturated heterocycles. The molecule has 0 aliphatic carbocycles. The van der Waals surface area contributed by atoms with Crippen LogP contribution in [0.3, 0.4) is 0 Å². The van der Waals surface area contributed by atoms with E-state index >= 15 is 0 Å². The van der Waals surface area contributed by atoms with Crippen LogP contribution in [0.5, 0.6) is 34.5 Å². The molecule has 0 amide bonds. The minimum absolute atomic E-state index is 0.298. The lowest BCUT2D eigenvalue weighted by Crippen LogP contribution is -2.25. The van der Waals surface area contributed by atoms with Crippen molar-refractivity contribution in [3.05, 3.63) is 408 Å². The fraction of sp³-hybridized carbons (Fsp3) is 0.0893. The number of terminal acetylenes is 3. The van der Waals surface area contributed by atoms with Crippen molar-refractivity contribution in [2.24, 2.45) is 0 Å². The Hall–Kier alpha value is -12.0. The topological polar surface area (TPSA) is 158 Å². The molecular weight excluding hydrogens is 1920 g/mol. The fourth-order valence-corrected chi connectivity index (χ4v) is 20.6. The maximum absolute atomic E-state index is 13.1. The van der Waals surface area contributed by atoms with Crippen LogP contribution in [0.2, 0.25) is 0 Å². The molecule has 0 aliphatic rings. The van der Waals surface area contributed by atoms with Gasteiger partial charge in [-0.15, -0.1) is 79.8 Å². The first-order valence-corrected chi connectivity index (χ1v) is 51.9. The third kappa shape index (κ3) is 31.8. The van der Waals surface area contributed by atoms with Gasteiger partial charge in [-0.3, -0.25) is 0 Å². The number of esters is 6. The minimum Gasteiger partial charge on any atom is -0.423 e. The van der Waals surface area contributed by atoms with E-state index in [-0.39, 0.29) is 0 Å². The third-order valence-electron chi connectivity index (χ3n) is 19.9. The van der Waals surface area contributed by atoms with Crippen LogP contribution in [-0.2, 0) is 39.6 Å². The minimum atomic E-state index is -0.797. The van der Waals surface area contributed by atoms with Gasteiger partial charge < -0.3 is 28.4 Å². The SMILES string of the molecule is C#CC(=O)Oc1ccc(C(C)(c2ccc(OC(=O)C#C)cc2)c2ccc(OC(=O)C#C)cc2)cc1.CCSc1ccc(Sc2ccc(SC=CC(=O)Oc3ccc(C(C)(c4ccc(OC(=O)C=CSc5ccc(Sc6ccc(SCC)cc6)cc5)cc4)c4ccc(OC(=O)C=CSc5ccc(Sc6ccc(SCC)cc6)cc5)cc4)cc3)cc2)cc1.Sc1ccc(Sc2ccc(S)cc2)cc1. The van der Waals surface area contributed by atoms with Crippen molar-refractivity contribution in [2.45, 2.75) is 124 Å². The number of hydrogen-bond acceptors (Lipinski definition) is 24. The van der Waals surface area contributed by atoms with Gasteiger partial charge in [0.1, 0.15) is 34.5 Å². The first-order chi connectivity index (χ1) is 66.0. The molecular formula is C112H88O12S12. The van der Waals surface area contributed by atoms with Gasteiger partial charge in [0.25, 0.3) is 0 Å². The molecule has 0 aliphatic heterocycles. The highest BCUT2D eigenvalue weighted by atomic mass is 32.2. The van der Waals surface area contributed by atoms with E-state index in [0.29, 0.717) is 34.5 Å². The van der Waals surface area contributed by atoms with Crippen LogP contribution in [0.4, 0.5) is 0 Å². The van der Waals surface area contributed by atoms with Gasteiger partial charge in [0, 0.05) is 125 Å². The number of carbonyl (C=O) groups excluding carboxylic acids is 6. The van der Waals surface area contributed by atoms with Crippen LogP contribution >= 0.6 is 143 Å². The molecule has 136 heavy (non-hydrogen) atoms. The monoisotopic (exact) mass is 2010 g/mol. The highest BCUT2D eigenvalue weighted by molar-refractivity contribution is 8.03. The van der Waals surface area contributed by atoms with Gasteiger partial charge in [0.05, 0.1) is 0 Å². The molecule has 0 aromatic heterocycles. The van der Waals surface area contributed by atoms with Crippen molar-refractivity contribution < 1.29 is 57.2 Å². The van der Waals surface area contributed by atoms with E-state index in [2.05, 4.69) is 186 Å². The van der Waals surface area contributed by atoms with Gasteiger partial charge in [-0.05, 0) is 348 Å². The smallest absolute Gasteiger partial charge is 0.389 e. The molecule has 0 heterocycles. The normalized spacial score (nSPS) is 11.4. The van der Waals surface area contributed by atoms with E-state index in [1.54, 1.807) is 172 Å². The summed E-state index contributed by atoms with van der Waals surface area (Å²) in [5.74, 6) is 7.01. The summed E-state index contributed by atoms with van der Waals surface area (Å²) in [6.45, 7) is 10.5. The largest absolute Gasteiger partial charge is 0.423 e. The van der Waals surface area contributed by atoms with Gasteiger partial charge in [-0.2, -0.15) is 0 Å². The predicted octanol–water partition coefficient (Wildman–Crippen LogP) is 29.5. The second-order valence-corrected chi connectivity index (χ2v) is 41.6. The van der Waals surface area contributed by atoms with Crippen molar-refractivity contribution in [3.63, 3.8) is 0 Å². The van der Waals surface area contributed by atoms with E-state index in [1.165, 1.54) is 92.7 Å². The second kappa shape index (κ2) is 52.9. The van der Waals surface area contributed by atoms with Gasteiger partial charge in [-0.25, -0.2) is 28.8 Å². The van der Waals surface area contributed by atoms with Crippen LogP contribution in [0.1, 0.15) is 68.0 Å². The van der Waals surface area contributed by atoms with Crippen LogP contribution in [0, 0.1) is 37.0 Å². The zero-order valence-electron chi connectivity index (χ0n) is 74.0. The summed E-state index contributed by atoms with van der Waals surface area (Å²) in [5, 5.41) is 5.19. The van der Waals surface area contributed by atoms with Crippen molar-refractivity contribution in [2.75, 3.05) is 17.3 Å². The molecule has 14 aromatic rings. The van der Waals surface area contributed by atoms with Crippen LogP contribution < -0.4 is 28.4 Å². The zero-order valence-corrected chi connectivity index (χ0v) is 84.0. The number of thioether (sulfide) groups is 6. The standard InChI is InChI=1S/C71H60O6S9.C29H18O6.C12H10S3/c1-5-78-56-20-32-62(33-21-56)84-65-38-26-59(27-39-65)81-47-44-68(72)75-53-14-8-50(9-15-53)71(4,51-10-16-54(17-11-51)76-69(73)45-48-82-60-28-40-66(41-29-60)85-63-34-22-57(23-35-63)79-6-2)52-12-18-55(19-13-52)77-70(74)46-49-83-61-30-42-67(43-31-61)86-64-36-24-58(25-37-64)80-7-3;1-5-26(30)33-23-14-8-20(9-15-23)29(4,21-10-16-24(17-11-21)34-27(31)6-2)22-12-18-25(19-13-22)35-28(32)7-3;13-9-1-5-11(6-2-9)15-12-7-3-10(14)4-8-12/h8-49H,5-7H2,1-4H3;1-3,8-19H,4H3;1-8,13-14H. The number of ether oxygens (including phenoxy) is 6. The Balaban J connectivity index is 0.000000269. The highest BCUT2D eigenvalue weighted by Crippen LogP contribution is 2.45. The van der Waals surface area contributed by atoms with Crippen molar-refractivity contribution in [1.82, 2.24) is 0 Å². The van der Waals surface area contributed by atoms with Crippen molar-refractivity contribution in [1.29, 1.82) is 0 Å². The average Bonchev–Trinajstić information content (AvgIpc) is 0.766. The Kier molecular flexibility index (Phi) is 40.1. The van der Waals surface area contributed by atoms with Gasteiger partial charge in [-0.1, -0.05) is 176 Å². The molecule has 680 valence electrons. The number of hydrogen-bond donors (Lipinski definition) is 2. The van der Waals surface area contributed by atoms with E-state index in [9.17, 15) is 28.8 Å². The zero-order chi connectivity index (χ0) is 96.0. The van der Waals surface area contributed by atoms with Crippen LogP contribution in [0.15, 0.2) is 452 Å². The summed E-state index contributed by atoms with van der Waals surface area (Å²) < 4.78 is 32.5. The molecule has 0 radical (unpaired) electrons. The molecule has 0 atom stereocenters. The number of benzene rings is 14. The van der Waals surface area contributed by atoms with Gasteiger partial charge >= 0.3 is 35.8 Å². The lowest BCUT2D eigenvalue weighted by molar-refractivity contribution is -0.129. The maximum Gasteiger partial charge on any atom is 0.389 e. The summed E-state index contributed by atoms with van der Waals surface area (Å²) in [4.78, 5) is 91.6. The van der Waals surface area contributed by atoms with Crippen LogP contribution in [-0.4, -0.2) is 53.1 Å². The van der Waals surface area contributed by atoms with Gasteiger partial charge in [0.15, 0.2) is 0 Å². The quantitative estimate of drug-likeness (QED) is 0.00564. The van der Waals surface area contributed by atoms with E-state index < -0.39 is 46.6 Å². The molecule has 14 rings (SSSR count). The Bertz CT molecular complexity index is 5980. The van der Waals surface area contributed by atoms with Gasteiger partial charge in [0.2, 0.25) is 0 Å². The fourth-order valence-electron chi connectivity index (χ4n) is 13.1. The average molecular weight is 2010 g/mol. The maximum atomic E-state index is 13.1. The number of thiol groups is 2. The molecule has 0 N–H and O–H groups in total. The molecule has 12 nitrogen and oxygen atoms in total. The number of rotatable bonds is 35. The van der Waals surface area contributed by atoms with Crippen LogP contribution in [0.25, 0.3) is 0 Å². The lowest BCUT2D eigenvalue weighted by Gasteiger charge is -2.32. The summed E-state index contributed by atoms with van der Waals surface area (Å²) in [7, 11) is 0. The Morgan fingerprint density at radius 3 is 0.588 bits per heavy atom. The number of carbonyl (C=O) groups is 6. The Morgan fingerprint density at radius 1 is 0.250 bits per heavy atom. The lowest BCUT2D eigenvalue weighted by atomic mass is 9.71. The first-order valence-electron chi connectivity index (χ1n) is 42.2. The van der Waals surface area contributed by atoms with E-state index in [0.717, 1.165) is 89.8 Å². The van der Waals surface area contributed by atoms with Crippen molar-refractivity contribution in [3.8, 4) is 71.5 Å². The summed E-state index contributed by atoms with van der Waals surface area (Å²) in [6, 6.07) is 110. The molecule has 14 aromatic carbocycles. The first kappa shape index (κ1) is 103. The molecule has 0 unspecified atom stereocenters. The molecule has 24 heteroatoms. The molecule has 0 saturated carbocycles. The van der Waals surface area contributed by atoms with Crippen molar-refractivity contribution >= 4 is 179 Å². The molecule has 0 bridgehead atoms. The molecule has 0 spiro atoms. The molecule has 0 fully saturated rings. The third-order valence-corrected chi connectivity index (χ3v) is 29.7. The Morgan fingerprint density at radius 2 is 0.412 bits per heavy atom. The summed E-state index contributed by atoms with van der Waals surface area (Å²) in [5.41, 5.74) is 3.72. The summed E-state index contributed by atoms with van der Waals surface area (Å²) in [6.07, 6.45) is 19.5. The second-order valence-electron chi connectivity index (χ2n) is 29.0. The van der Waals surface area contributed by atoms with E-state index in [4.69, 9.17) is 47.7 Å². The Labute approximate surface area is 848 Å².